The molecule has 1 aliphatic carbocycles. The Morgan fingerprint density at radius 2 is 1.80 bits per heavy atom. The minimum Gasteiger partial charge on any atom is -0.466 e. The first-order valence-corrected chi connectivity index (χ1v) is 9.56. The normalized spacial score (nSPS) is 20.1. The van der Waals surface area contributed by atoms with Crippen molar-refractivity contribution in [2.75, 3.05) is 7.11 Å². The van der Waals surface area contributed by atoms with Crippen LogP contribution >= 0.6 is 0 Å². The molecule has 154 valence electrons. The van der Waals surface area contributed by atoms with E-state index in [0.717, 1.165) is 0 Å². The third-order valence-corrected chi connectivity index (χ3v) is 5.30. The lowest BCUT2D eigenvalue weighted by Crippen LogP contribution is -2.14. The molecule has 2 aromatic carbocycles. The van der Waals surface area contributed by atoms with Gasteiger partial charge in [0.25, 0.3) is 0 Å². The van der Waals surface area contributed by atoms with Gasteiger partial charge >= 0.3 is 11.9 Å². The van der Waals surface area contributed by atoms with Gasteiger partial charge in [0.2, 0.25) is 6.10 Å². The highest BCUT2D eigenvalue weighted by molar-refractivity contribution is 5.83. The molecule has 0 spiro atoms. The van der Waals surface area contributed by atoms with E-state index in [-0.39, 0.29) is 11.3 Å². The molecule has 2 aromatic rings. The van der Waals surface area contributed by atoms with Crippen LogP contribution < -0.4 is 4.74 Å². The van der Waals surface area contributed by atoms with E-state index < -0.39 is 24.0 Å². The summed E-state index contributed by atoms with van der Waals surface area (Å²) >= 11 is 0. The molecule has 0 aliphatic heterocycles. The number of benzene rings is 2. The van der Waals surface area contributed by atoms with Crippen molar-refractivity contribution in [1.29, 1.82) is 5.26 Å². The lowest BCUT2D eigenvalue weighted by atomic mass is 10.1. The van der Waals surface area contributed by atoms with Crippen LogP contribution in [0.3, 0.4) is 0 Å². The fourth-order valence-electron chi connectivity index (χ4n) is 3.46. The van der Waals surface area contributed by atoms with Crippen molar-refractivity contribution in [1.82, 2.24) is 0 Å². The molecule has 6 nitrogen and oxygen atoms in total. The maximum Gasteiger partial charge on any atom is 0.330 e. The fraction of sp³-hybridized carbons (Fsp3) is 0.292. The Hall–Kier alpha value is -3.59. The Morgan fingerprint density at radius 1 is 1.10 bits per heavy atom. The van der Waals surface area contributed by atoms with Crippen molar-refractivity contribution >= 4 is 11.9 Å². The highest BCUT2D eigenvalue weighted by Crippen LogP contribution is 2.59. The zero-order valence-electron chi connectivity index (χ0n) is 17.1. The van der Waals surface area contributed by atoms with Crippen molar-refractivity contribution in [3.05, 3.63) is 72.3 Å². The Balaban J connectivity index is 1.69. The second kappa shape index (κ2) is 8.83. The summed E-state index contributed by atoms with van der Waals surface area (Å²) in [6, 6.07) is 18.2. The lowest BCUT2D eigenvalue weighted by Gasteiger charge is -2.13. The van der Waals surface area contributed by atoms with E-state index >= 15 is 0 Å². The van der Waals surface area contributed by atoms with Gasteiger partial charge in [0.1, 0.15) is 17.6 Å². The second-order valence-corrected chi connectivity index (χ2v) is 7.64. The molecule has 1 fully saturated rings. The molecule has 3 rings (SSSR count). The van der Waals surface area contributed by atoms with Crippen LogP contribution in [0.15, 0.2) is 66.7 Å². The van der Waals surface area contributed by atoms with Gasteiger partial charge < -0.3 is 14.2 Å². The number of hydrogen-bond acceptors (Lipinski definition) is 6. The SMILES string of the molecule is COC(=O)/C=C\[C@H]1[C@@H](C(=O)O[C@H](C#N)c2cccc(Oc3ccccc3)c2)C1(C)C. The molecule has 1 saturated carbocycles. The molecule has 6 heteroatoms. The summed E-state index contributed by atoms with van der Waals surface area (Å²) in [5.41, 5.74) is 0.166. The average Bonchev–Trinajstić information content (AvgIpc) is 3.31. The van der Waals surface area contributed by atoms with E-state index in [0.29, 0.717) is 17.1 Å². The van der Waals surface area contributed by atoms with Crippen LogP contribution in [0.25, 0.3) is 0 Å². The van der Waals surface area contributed by atoms with Gasteiger partial charge in [-0.1, -0.05) is 50.3 Å². The zero-order valence-corrected chi connectivity index (χ0v) is 17.1. The van der Waals surface area contributed by atoms with Gasteiger partial charge in [0.15, 0.2) is 0 Å². The van der Waals surface area contributed by atoms with E-state index in [9.17, 15) is 14.9 Å². The van der Waals surface area contributed by atoms with E-state index in [1.165, 1.54) is 13.2 Å². The Morgan fingerprint density at radius 3 is 2.47 bits per heavy atom. The molecule has 0 saturated heterocycles. The van der Waals surface area contributed by atoms with E-state index in [4.69, 9.17) is 9.47 Å². The molecular weight excluding hydrogens is 382 g/mol. The molecule has 0 bridgehead atoms. The number of carbonyl (C=O) groups is 2. The average molecular weight is 405 g/mol. The van der Waals surface area contributed by atoms with E-state index in [2.05, 4.69) is 4.74 Å². The first-order chi connectivity index (χ1) is 14.4. The molecule has 0 radical (unpaired) electrons. The quantitative estimate of drug-likeness (QED) is 0.495. The summed E-state index contributed by atoms with van der Waals surface area (Å²) in [5, 5.41) is 9.57. The first-order valence-electron chi connectivity index (χ1n) is 9.56. The van der Waals surface area contributed by atoms with Crippen LogP contribution in [0.1, 0.15) is 25.5 Å². The molecule has 0 amide bonds. The van der Waals surface area contributed by atoms with Gasteiger partial charge in [-0.2, -0.15) is 5.26 Å². The summed E-state index contributed by atoms with van der Waals surface area (Å²) in [6.07, 6.45) is 1.91. The lowest BCUT2D eigenvalue weighted by molar-refractivity contribution is -0.149. The molecule has 30 heavy (non-hydrogen) atoms. The molecule has 0 unspecified atom stereocenters. The summed E-state index contributed by atoms with van der Waals surface area (Å²) in [7, 11) is 1.30. The minimum absolute atomic E-state index is 0.156. The van der Waals surface area contributed by atoms with Crippen molar-refractivity contribution in [2.45, 2.75) is 20.0 Å². The van der Waals surface area contributed by atoms with Crippen LogP contribution in [0.2, 0.25) is 0 Å². The summed E-state index contributed by atoms with van der Waals surface area (Å²) in [5.74, 6) is -0.328. The molecule has 0 heterocycles. The predicted octanol–water partition coefficient (Wildman–Crippen LogP) is 4.59. The van der Waals surface area contributed by atoms with Crippen LogP contribution in [0.5, 0.6) is 11.5 Å². The standard InChI is InChI=1S/C24H23NO5/c1-24(2)19(12-13-21(26)28-3)22(24)23(27)30-20(15-25)16-8-7-11-18(14-16)29-17-9-5-4-6-10-17/h4-14,19-20,22H,1-3H3/b13-12-/t19-,20+,22-/m0/s1. The zero-order chi connectivity index (χ0) is 21.7. The predicted molar refractivity (Wildman–Crippen MR) is 109 cm³/mol. The van der Waals surface area contributed by atoms with Crippen molar-refractivity contribution in [3.63, 3.8) is 0 Å². The maximum atomic E-state index is 12.7. The van der Waals surface area contributed by atoms with Gasteiger partial charge in [-0.3, -0.25) is 4.79 Å². The molecular formula is C24H23NO5. The van der Waals surface area contributed by atoms with Gasteiger partial charge in [-0.25, -0.2) is 4.79 Å². The number of hydrogen-bond donors (Lipinski definition) is 0. The smallest absolute Gasteiger partial charge is 0.330 e. The Kier molecular flexibility index (Phi) is 6.22. The van der Waals surface area contributed by atoms with E-state index in [1.54, 1.807) is 30.3 Å². The summed E-state index contributed by atoms with van der Waals surface area (Å²) in [6.45, 7) is 3.84. The first kappa shape index (κ1) is 21.1. The van der Waals surface area contributed by atoms with Gasteiger partial charge in [0, 0.05) is 11.6 Å². The van der Waals surface area contributed by atoms with Crippen LogP contribution in [0, 0.1) is 28.6 Å². The number of para-hydroxylation sites is 1. The van der Waals surface area contributed by atoms with Crippen molar-refractivity contribution < 1.29 is 23.8 Å². The monoisotopic (exact) mass is 405 g/mol. The largest absolute Gasteiger partial charge is 0.466 e. The Bertz CT molecular complexity index is 990. The number of nitrogens with zero attached hydrogens (tertiary/aromatic N) is 1. The molecule has 3 atom stereocenters. The fourth-order valence-corrected chi connectivity index (χ4v) is 3.46. The second-order valence-electron chi connectivity index (χ2n) is 7.64. The highest BCUT2D eigenvalue weighted by atomic mass is 16.5. The number of methoxy groups -OCH3 is 1. The number of ether oxygens (including phenoxy) is 3. The number of allylic oxidation sites excluding steroid dienone is 1. The van der Waals surface area contributed by atoms with Gasteiger partial charge in [0.05, 0.1) is 13.0 Å². The number of nitriles is 1. The maximum absolute atomic E-state index is 12.7. The van der Waals surface area contributed by atoms with E-state index in [1.807, 2.05) is 50.2 Å². The number of carbonyl (C=O) groups excluding carboxylic acids is 2. The summed E-state index contributed by atoms with van der Waals surface area (Å²) < 4.78 is 15.9. The van der Waals surface area contributed by atoms with Crippen molar-refractivity contribution in [2.24, 2.45) is 17.3 Å². The number of rotatable bonds is 7. The molecule has 0 N–H and O–H groups in total. The van der Waals surface area contributed by atoms with Crippen LogP contribution in [-0.4, -0.2) is 19.0 Å². The minimum atomic E-state index is -1.06. The molecule has 0 aromatic heterocycles. The number of esters is 2. The summed E-state index contributed by atoms with van der Waals surface area (Å²) in [4.78, 5) is 24.0. The topological polar surface area (TPSA) is 85.6 Å². The van der Waals surface area contributed by atoms with Crippen LogP contribution in [-0.2, 0) is 19.1 Å². The third kappa shape index (κ3) is 4.69. The molecule has 1 aliphatic rings. The van der Waals surface area contributed by atoms with Gasteiger partial charge in [-0.05, 0) is 35.6 Å². The highest BCUT2D eigenvalue weighted by Gasteiger charge is 2.61. The van der Waals surface area contributed by atoms with Crippen LogP contribution in [0.4, 0.5) is 0 Å². The Labute approximate surface area is 175 Å². The van der Waals surface area contributed by atoms with Gasteiger partial charge in [-0.15, -0.1) is 0 Å². The van der Waals surface area contributed by atoms with Crippen molar-refractivity contribution in [3.8, 4) is 17.6 Å². The third-order valence-electron chi connectivity index (χ3n) is 5.30.